The highest BCUT2D eigenvalue weighted by Crippen LogP contribution is 2.36. The van der Waals surface area contributed by atoms with E-state index in [4.69, 9.17) is 15.2 Å². The van der Waals surface area contributed by atoms with E-state index >= 15 is 0 Å². The SMILES string of the molecule is COc1cccc(C(=O)CN2CCOc3cccc(N)c32)c1. The van der Waals surface area contributed by atoms with E-state index in [2.05, 4.69) is 0 Å². The highest BCUT2D eigenvalue weighted by Gasteiger charge is 2.23. The van der Waals surface area contributed by atoms with Crippen LogP contribution in [0.2, 0.25) is 0 Å². The fraction of sp³-hybridized carbons (Fsp3) is 0.235. The molecule has 1 aliphatic heterocycles. The highest BCUT2D eigenvalue weighted by atomic mass is 16.5. The molecule has 2 aromatic rings. The van der Waals surface area contributed by atoms with E-state index in [0.29, 0.717) is 30.2 Å². The van der Waals surface area contributed by atoms with Crippen LogP contribution in [-0.4, -0.2) is 32.6 Å². The van der Waals surface area contributed by atoms with E-state index in [1.165, 1.54) is 0 Å². The monoisotopic (exact) mass is 298 g/mol. The van der Waals surface area contributed by atoms with E-state index in [1.54, 1.807) is 19.2 Å². The lowest BCUT2D eigenvalue weighted by Crippen LogP contribution is -2.37. The van der Waals surface area contributed by atoms with Crippen LogP contribution >= 0.6 is 0 Å². The van der Waals surface area contributed by atoms with Gasteiger partial charge in [0.2, 0.25) is 0 Å². The van der Waals surface area contributed by atoms with Crippen molar-refractivity contribution in [1.29, 1.82) is 0 Å². The molecule has 114 valence electrons. The minimum Gasteiger partial charge on any atom is -0.497 e. The first-order valence-electron chi connectivity index (χ1n) is 7.12. The Morgan fingerprint density at radius 2 is 2.14 bits per heavy atom. The van der Waals surface area contributed by atoms with E-state index in [-0.39, 0.29) is 12.3 Å². The summed E-state index contributed by atoms with van der Waals surface area (Å²) in [6.45, 7) is 1.44. The summed E-state index contributed by atoms with van der Waals surface area (Å²) in [5, 5.41) is 0. The number of rotatable bonds is 4. The van der Waals surface area contributed by atoms with Gasteiger partial charge in [-0.2, -0.15) is 0 Å². The molecule has 2 aromatic carbocycles. The van der Waals surface area contributed by atoms with Gasteiger partial charge >= 0.3 is 0 Å². The number of carbonyl (C=O) groups is 1. The molecule has 0 spiro atoms. The van der Waals surface area contributed by atoms with Crippen LogP contribution < -0.4 is 20.1 Å². The average molecular weight is 298 g/mol. The lowest BCUT2D eigenvalue weighted by Gasteiger charge is -2.31. The first kappa shape index (κ1) is 14.3. The van der Waals surface area contributed by atoms with Crippen molar-refractivity contribution < 1.29 is 14.3 Å². The van der Waals surface area contributed by atoms with Gasteiger partial charge in [0.15, 0.2) is 5.78 Å². The maximum absolute atomic E-state index is 12.5. The average Bonchev–Trinajstić information content (AvgIpc) is 2.55. The summed E-state index contributed by atoms with van der Waals surface area (Å²) < 4.78 is 10.8. The summed E-state index contributed by atoms with van der Waals surface area (Å²) in [7, 11) is 1.59. The molecule has 1 heterocycles. The molecule has 5 heteroatoms. The van der Waals surface area contributed by atoms with Gasteiger partial charge in [-0.3, -0.25) is 4.79 Å². The third kappa shape index (κ3) is 2.70. The Morgan fingerprint density at radius 1 is 1.32 bits per heavy atom. The van der Waals surface area contributed by atoms with Crippen molar-refractivity contribution in [2.45, 2.75) is 0 Å². The summed E-state index contributed by atoms with van der Waals surface area (Å²) in [6.07, 6.45) is 0. The molecule has 0 aromatic heterocycles. The second-order valence-electron chi connectivity index (χ2n) is 5.12. The molecule has 0 fully saturated rings. The smallest absolute Gasteiger partial charge is 0.182 e. The minimum absolute atomic E-state index is 0.0232. The van der Waals surface area contributed by atoms with Gasteiger partial charge in [-0.1, -0.05) is 18.2 Å². The Morgan fingerprint density at radius 3 is 2.95 bits per heavy atom. The molecule has 0 saturated heterocycles. The van der Waals surface area contributed by atoms with Crippen LogP contribution in [0.3, 0.4) is 0 Å². The molecule has 0 atom stereocenters. The number of Topliss-reactive ketones (excluding diaryl/α,β-unsaturated/α-hetero) is 1. The molecule has 0 unspecified atom stereocenters. The number of hydrogen-bond donors (Lipinski definition) is 1. The lowest BCUT2D eigenvalue weighted by molar-refractivity contribution is 0.0997. The molecule has 2 N–H and O–H groups in total. The second kappa shape index (κ2) is 5.97. The van der Waals surface area contributed by atoms with Crippen LogP contribution in [0.1, 0.15) is 10.4 Å². The minimum atomic E-state index is 0.0232. The van der Waals surface area contributed by atoms with E-state index in [0.717, 1.165) is 11.4 Å². The van der Waals surface area contributed by atoms with Crippen molar-refractivity contribution in [3.05, 3.63) is 48.0 Å². The Labute approximate surface area is 129 Å². The van der Waals surface area contributed by atoms with Crippen molar-refractivity contribution >= 4 is 17.2 Å². The van der Waals surface area contributed by atoms with Gasteiger partial charge < -0.3 is 20.1 Å². The van der Waals surface area contributed by atoms with Gasteiger partial charge in [0, 0.05) is 5.56 Å². The number of ketones is 1. The number of benzene rings is 2. The largest absolute Gasteiger partial charge is 0.497 e. The lowest BCUT2D eigenvalue weighted by atomic mass is 10.1. The van der Waals surface area contributed by atoms with Gasteiger partial charge in [-0.05, 0) is 24.3 Å². The second-order valence-corrected chi connectivity index (χ2v) is 5.12. The number of nitrogens with zero attached hydrogens (tertiary/aromatic N) is 1. The predicted molar refractivity (Wildman–Crippen MR) is 85.9 cm³/mol. The zero-order chi connectivity index (χ0) is 15.5. The number of nitrogens with two attached hydrogens (primary N) is 1. The first-order valence-corrected chi connectivity index (χ1v) is 7.12. The van der Waals surface area contributed by atoms with Crippen LogP contribution in [-0.2, 0) is 0 Å². The standard InChI is InChI=1S/C17H18N2O3/c1-21-13-5-2-4-12(10-13)15(20)11-19-8-9-22-16-7-3-6-14(18)17(16)19/h2-7,10H,8-9,11,18H2,1H3. The number of hydrogen-bond acceptors (Lipinski definition) is 5. The Bertz CT molecular complexity index is 700. The van der Waals surface area contributed by atoms with Crippen LogP contribution in [0.5, 0.6) is 11.5 Å². The summed E-state index contributed by atoms with van der Waals surface area (Å²) in [4.78, 5) is 14.5. The fourth-order valence-corrected chi connectivity index (χ4v) is 2.59. The number of fused-ring (bicyclic) bond motifs is 1. The van der Waals surface area contributed by atoms with E-state index in [1.807, 2.05) is 35.2 Å². The molecule has 0 radical (unpaired) electrons. The topological polar surface area (TPSA) is 64.8 Å². The number of para-hydroxylation sites is 1. The van der Waals surface area contributed by atoms with Gasteiger partial charge in [0.25, 0.3) is 0 Å². The molecule has 0 bridgehead atoms. The Kier molecular flexibility index (Phi) is 3.87. The summed E-state index contributed by atoms with van der Waals surface area (Å²) >= 11 is 0. The molecule has 0 saturated carbocycles. The maximum Gasteiger partial charge on any atom is 0.182 e. The van der Waals surface area contributed by atoms with Crippen LogP contribution in [0.25, 0.3) is 0 Å². The molecule has 0 aliphatic carbocycles. The molecule has 1 aliphatic rings. The fourth-order valence-electron chi connectivity index (χ4n) is 2.59. The number of nitrogen functional groups attached to an aromatic ring is 1. The number of ether oxygens (including phenoxy) is 2. The first-order chi connectivity index (χ1) is 10.7. The van der Waals surface area contributed by atoms with Gasteiger partial charge in [0.05, 0.1) is 25.9 Å². The molecular formula is C17H18N2O3. The van der Waals surface area contributed by atoms with Crippen LogP contribution in [0.4, 0.5) is 11.4 Å². The van der Waals surface area contributed by atoms with Crippen molar-refractivity contribution in [3.63, 3.8) is 0 Å². The molecule has 0 amide bonds. The summed E-state index contributed by atoms with van der Waals surface area (Å²) in [5.74, 6) is 1.42. The van der Waals surface area contributed by atoms with Crippen LogP contribution in [0, 0.1) is 0 Å². The third-order valence-electron chi connectivity index (χ3n) is 3.69. The van der Waals surface area contributed by atoms with Crippen molar-refractivity contribution in [2.75, 3.05) is 37.4 Å². The number of anilines is 2. The van der Waals surface area contributed by atoms with E-state index < -0.39 is 0 Å². The Hall–Kier alpha value is -2.69. The van der Waals surface area contributed by atoms with Crippen molar-refractivity contribution in [2.24, 2.45) is 0 Å². The molecule has 22 heavy (non-hydrogen) atoms. The molecule has 3 rings (SSSR count). The highest BCUT2D eigenvalue weighted by molar-refractivity contribution is 6.00. The molecule has 5 nitrogen and oxygen atoms in total. The quantitative estimate of drug-likeness (QED) is 0.693. The summed E-state index contributed by atoms with van der Waals surface area (Å²) in [5.41, 5.74) is 8.08. The normalized spacial score (nSPS) is 13.2. The Balaban J connectivity index is 1.84. The third-order valence-corrected chi connectivity index (χ3v) is 3.69. The zero-order valence-electron chi connectivity index (χ0n) is 12.4. The number of methoxy groups -OCH3 is 1. The van der Waals surface area contributed by atoms with Gasteiger partial charge in [-0.15, -0.1) is 0 Å². The van der Waals surface area contributed by atoms with Crippen molar-refractivity contribution in [3.8, 4) is 11.5 Å². The van der Waals surface area contributed by atoms with Gasteiger partial charge in [0.1, 0.15) is 23.8 Å². The number of carbonyl (C=O) groups excluding carboxylic acids is 1. The van der Waals surface area contributed by atoms with Crippen molar-refractivity contribution in [1.82, 2.24) is 0 Å². The maximum atomic E-state index is 12.5. The molecular weight excluding hydrogens is 280 g/mol. The summed E-state index contributed by atoms with van der Waals surface area (Å²) in [6, 6.07) is 12.7. The van der Waals surface area contributed by atoms with Gasteiger partial charge in [-0.25, -0.2) is 0 Å². The predicted octanol–water partition coefficient (Wildman–Crippen LogP) is 2.36. The van der Waals surface area contributed by atoms with Crippen LogP contribution in [0.15, 0.2) is 42.5 Å². The zero-order valence-corrected chi connectivity index (χ0v) is 12.4. The van der Waals surface area contributed by atoms with E-state index in [9.17, 15) is 4.79 Å².